The van der Waals surface area contributed by atoms with Gasteiger partial charge in [0.05, 0.1) is 13.7 Å². The van der Waals surface area contributed by atoms with Crippen LogP contribution in [0.25, 0.3) is 0 Å². The number of ether oxygens (including phenoxy) is 1. The highest BCUT2D eigenvalue weighted by Gasteiger charge is 2.32. The van der Waals surface area contributed by atoms with Gasteiger partial charge in [-0.15, -0.1) is 0 Å². The maximum atomic E-state index is 12.4. The van der Waals surface area contributed by atoms with E-state index >= 15 is 0 Å². The molecular weight excluding hydrogens is 340 g/mol. The Morgan fingerprint density at radius 2 is 1.67 bits per heavy atom. The molecule has 0 aromatic heterocycles. The standard InChI is InChI=1S/C21H32N4O2/c1-27-20-6-4-19(5-7-20)25-14-12-23(13-15-25)16-21(26)22-17-8-10-24(11-9-17)18-2-3-18/h4-7,17-18H,2-3,8-16H2,1H3,(H,22,26). The largest absolute Gasteiger partial charge is 0.497 e. The number of rotatable bonds is 6. The van der Waals surface area contributed by atoms with Gasteiger partial charge in [-0.1, -0.05) is 0 Å². The van der Waals surface area contributed by atoms with E-state index in [-0.39, 0.29) is 5.91 Å². The molecule has 1 amide bonds. The number of anilines is 1. The maximum absolute atomic E-state index is 12.4. The highest BCUT2D eigenvalue weighted by molar-refractivity contribution is 5.78. The van der Waals surface area contributed by atoms with Crippen LogP contribution in [0.4, 0.5) is 5.69 Å². The molecule has 1 aromatic carbocycles. The predicted molar refractivity (Wildman–Crippen MR) is 107 cm³/mol. The normalized spacial score (nSPS) is 22.6. The summed E-state index contributed by atoms with van der Waals surface area (Å²) in [5, 5.41) is 3.27. The third-order valence-corrected chi connectivity index (χ3v) is 6.14. The Hall–Kier alpha value is -1.79. The first-order valence-electron chi connectivity index (χ1n) is 10.4. The summed E-state index contributed by atoms with van der Waals surface area (Å²) >= 11 is 0. The Morgan fingerprint density at radius 1 is 1.00 bits per heavy atom. The Morgan fingerprint density at radius 3 is 2.26 bits per heavy atom. The zero-order valence-electron chi connectivity index (χ0n) is 16.4. The highest BCUT2D eigenvalue weighted by atomic mass is 16.5. The van der Waals surface area contributed by atoms with E-state index in [0.29, 0.717) is 12.6 Å². The van der Waals surface area contributed by atoms with E-state index < -0.39 is 0 Å². The van der Waals surface area contributed by atoms with Crippen LogP contribution < -0.4 is 15.0 Å². The zero-order valence-corrected chi connectivity index (χ0v) is 16.4. The van der Waals surface area contributed by atoms with Gasteiger partial charge in [0.25, 0.3) is 0 Å². The van der Waals surface area contributed by atoms with Crippen molar-refractivity contribution in [2.75, 3.05) is 57.8 Å². The molecular formula is C21H32N4O2. The van der Waals surface area contributed by atoms with Gasteiger partial charge < -0.3 is 19.9 Å². The molecule has 148 valence electrons. The molecule has 1 aliphatic carbocycles. The molecule has 6 heteroatoms. The van der Waals surface area contributed by atoms with Crippen LogP contribution in [-0.4, -0.2) is 80.7 Å². The van der Waals surface area contributed by atoms with Crippen molar-refractivity contribution < 1.29 is 9.53 Å². The molecule has 0 unspecified atom stereocenters. The summed E-state index contributed by atoms with van der Waals surface area (Å²) in [5.74, 6) is 1.08. The van der Waals surface area contributed by atoms with Crippen molar-refractivity contribution in [1.82, 2.24) is 15.1 Å². The Kier molecular flexibility index (Phi) is 5.83. The molecule has 6 nitrogen and oxygen atoms in total. The fourth-order valence-corrected chi connectivity index (χ4v) is 4.28. The van der Waals surface area contributed by atoms with Crippen molar-refractivity contribution in [2.45, 2.75) is 37.8 Å². The molecule has 27 heavy (non-hydrogen) atoms. The number of amides is 1. The topological polar surface area (TPSA) is 48.1 Å². The number of piperidine rings is 1. The van der Waals surface area contributed by atoms with Crippen LogP contribution in [-0.2, 0) is 4.79 Å². The molecule has 1 aromatic rings. The molecule has 0 spiro atoms. The molecule has 2 aliphatic heterocycles. The average Bonchev–Trinajstić information content (AvgIpc) is 3.55. The summed E-state index contributed by atoms with van der Waals surface area (Å²) in [6.07, 6.45) is 4.96. The summed E-state index contributed by atoms with van der Waals surface area (Å²) in [6.45, 7) is 6.60. The van der Waals surface area contributed by atoms with E-state index in [1.807, 2.05) is 12.1 Å². The molecule has 3 aliphatic rings. The van der Waals surface area contributed by atoms with Gasteiger partial charge >= 0.3 is 0 Å². The summed E-state index contributed by atoms with van der Waals surface area (Å²) in [7, 11) is 1.69. The number of nitrogens with one attached hydrogen (secondary N) is 1. The fraction of sp³-hybridized carbons (Fsp3) is 0.667. The monoisotopic (exact) mass is 372 g/mol. The SMILES string of the molecule is COc1ccc(N2CCN(CC(=O)NC3CCN(C4CC4)CC3)CC2)cc1. The minimum Gasteiger partial charge on any atom is -0.497 e. The number of carbonyl (C=O) groups is 1. The highest BCUT2D eigenvalue weighted by Crippen LogP contribution is 2.29. The van der Waals surface area contributed by atoms with Gasteiger partial charge in [0.15, 0.2) is 0 Å². The summed E-state index contributed by atoms with van der Waals surface area (Å²) < 4.78 is 5.23. The lowest BCUT2D eigenvalue weighted by Gasteiger charge is -2.36. The molecule has 0 radical (unpaired) electrons. The molecule has 0 bridgehead atoms. The quantitative estimate of drug-likeness (QED) is 0.821. The van der Waals surface area contributed by atoms with Gasteiger partial charge in [0.1, 0.15) is 5.75 Å². The fourth-order valence-electron chi connectivity index (χ4n) is 4.28. The van der Waals surface area contributed by atoms with Gasteiger partial charge in [-0.2, -0.15) is 0 Å². The van der Waals surface area contributed by atoms with Crippen molar-refractivity contribution in [3.05, 3.63) is 24.3 Å². The first-order valence-corrected chi connectivity index (χ1v) is 10.4. The summed E-state index contributed by atoms with van der Waals surface area (Å²) in [5.41, 5.74) is 1.22. The van der Waals surface area contributed by atoms with E-state index in [0.717, 1.165) is 63.9 Å². The van der Waals surface area contributed by atoms with E-state index in [4.69, 9.17) is 4.74 Å². The van der Waals surface area contributed by atoms with Crippen LogP contribution in [0.5, 0.6) is 5.75 Å². The predicted octanol–water partition coefficient (Wildman–Crippen LogP) is 1.56. The van der Waals surface area contributed by atoms with Gasteiger partial charge in [0.2, 0.25) is 5.91 Å². The van der Waals surface area contributed by atoms with Gasteiger partial charge in [-0.25, -0.2) is 0 Å². The molecule has 0 atom stereocenters. The minimum absolute atomic E-state index is 0.192. The zero-order chi connectivity index (χ0) is 18.6. The lowest BCUT2D eigenvalue weighted by Crippen LogP contribution is -2.52. The second kappa shape index (κ2) is 8.48. The Bertz CT molecular complexity index is 616. The van der Waals surface area contributed by atoms with Crippen LogP contribution in [0.2, 0.25) is 0 Å². The number of nitrogens with zero attached hydrogens (tertiary/aromatic N) is 3. The lowest BCUT2D eigenvalue weighted by atomic mass is 10.0. The Balaban J connectivity index is 1.17. The lowest BCUT2D eigenvalue weighted by molar-refractivity contribution is -0.123. The summed E-state index contributed by atoms with van der Waals surface area (Å²) in [4.78, 5) is 19.7. The maximum Gasteiger partial charge on any atom is 0.234 e. The number of piperazine rings is 1. The first kappa shape index (κ1) is 18.6. The van der Waals surface area contributed by atoms with Crippen LogP contribution in [0.1, 0.15) is 25.7 Å². The molecule has 1 saturated carbocycles. The number of benzene rings is 1. The third-order valence-electron chi connectivity index (χ3n) is 6.14. The molecule has 2 heterocycles. The van der Waals surface area contributed by atoms with Gasteiger partial charge in [-0.3, -0.25) is 9.69 Å². The van der Waals surface area contributed by atoms with Crippen LogP contribution in [0.3, 0.4) is 0 Å². The van der Waals surface area contributed by atoms with E-state index in [9.17, 15) is 4.79 Å². The minimum atomic E-state index is 0.192. The van der Waals surface area contributed by atoms with Crippen molar-refractivity contribution >= 4 is 11.6 Å². The number of carbonyl (C=O) groups excluding carboxylic acids is 1. The molecule has 2 saturated heterocycles. The average molecular weight is 373 g/mol. The molecule has 3 fully saturated rings. The smallest absolute Gasteiger partial charge is 0.234 e. The van der Waals surface area contributed by atoms with Gasteiger partial charge in [-0.05, 0) is 49.9 Å². The second-order valence-electron chi connectivity index (χ2n) is 8.07. The molecule has 1 N–H and O–H groups in total. The summed E-state index contributed by atoms with van der Waals surface area (Å²) in [6, 6.07) is 9.44. The number of methoxy groups -OCH3 is 1. The van der Waals surface area contributed by atoms with Crippen LogP contribution in [0, 0.1) is 0 Å². The van der Waals surface area contributed by atoms with Crippen molar-refractivity contribution in [1.29, 1.82) is 0 Å². The van der Waals surface area contributed by atoms with E-state index in [1.54, 1.807) is 7.11 Å². The molecule has 4 rings (SSSR count). The van der Waals surface area contributed by atoms with Gasteiger partial charge in [0, 0.05) is 57.0 Å². The van der Waals surface area contributed by atoms with Crippen molar-refractivity contribution in [3.8, 4) is 5.75 Å². The number of likely N-dealkylation sites (tertiary alicyclic amines) is 1. The van der Waals surface area contributed by atoms with Crippen LogP contribution in [0.15, 0.2) is 24.3 Å². The Labute approximate surface area is 162 Å². The number of hydrogen-bond acceptors (Lipinski definition) is 5. The first-order chi connectivity index (χ1) is 13.2. The van der Waals surface area contributed by atoms with Crippen molar-refractivity contribution in [3.63, 3.8) is 0 Å². The van der Waals surface area contributed by atoms with E-state index in [2.05, 4.69) is 32.1 Å². The van der Waals surface area contributed by atoms with E-state index in [1.165, 1.54) is 18.5 Å². The number of hydrogen-bond donors (Lipinski definition) is 1. The third kappa shape index (κ3) is 4.93. The second-order valence-corrected chi connectivity index (χ2v) is 8.07. The van der Waals surface area contributed by atoms with Crippen molar-refractivity contribution in [2.24, 2.45) is 0 Å². The van der Waals surface area contributed by atoms with Crippen LogP contribution >= 0.6 is 0 Å².